The van der Waals surface area contributed by atoms with E-state index in [0.717, 1.165) is 6.42 Å². The Hall–Kier alpha value is -2.13. The van der Waals surface area contributed by atoms with Crippen molar-refractivity contribution < 1.29 is 10.0 Å². The third kappa shape index (κ3) is 2.26. The molecule has 0 radical (unpaired) electrons. The maximum absolute atomic E-state index is 11.0. The number of hydrogen-bond donors (Lipinski definition) is 1. The van der Waals surface area contributed by atoms with E-state index in [1.54, 1.807) is 11.0 Å². The fourth-order valence-corrected chi connectivity index (χ4v) is 2.26. The van der Waals surface area contributed by atoms with Gasteiger partial charge in [0.2, 0.25) is 0 Å². The third-order valence-electron chi connectivity index (χ3n) is 3.04. The first-order valence-electron chi connectivity index (χ1n) is 5.74. The number of piperidine rings is 1. The summed E-state index contributed by atoms with van der Waals surface area (Å²) in [6, 6.07) is 6.42. The van der Waals surface area contributed by atoms with Gasteiger partial charge in [-0.1, -0.05) is 6.07 Å². The fraction of sp³-hybridized carbons (Fsp3) is 0.417. The monoisotopic (exact) mass is 247 g/mol. The molecule has 1 atom stereocenters. The molecule has 0 bridgehead atoms. The average Bonchev–Trinajstić information content (AvgIpc) is 2.37. The van der Waals surface area contributed by atoms with E-state index in [1.807, 2.05) is 6.07 Å². The van der Waals surface area contributed by atoms with Gasteiger partial charge in [-0.15, -0.1) is 0 Å². The normalized spacial score (nSPS) is 19.3. The van der Waals surface area contributed by atoms with Gasteiger partial charge in [0.05, 0.1) is 16.6 Å². The van der Waals surface area contributed by atoms with Crippen LogP contribution in [0.1, 0.15) is 18.4 Å². The topological polar surface area (TPSA) is 90.4 Å². The molecule has 0 amide bonds. The maximum Gasteiger partial charge on any atom is 0.293 e. The second-order valence-electron chi connectivity index (χ2n) is 4.28. The summed E-state index contributed by atoms with van der Waals surface area (Å²) in [6.07, 6.45) is 0.960. The predicted octanol–water partition coefficient (Wildman–Crippen LogP) is 1.43. The number of nitro benzene ring substituents is 1. The minimum absolute atomic E-state index is 0.0804. The Bertz CT molecular complexity index is 510. The summed E-state index contributed by atoms with van der Waals surface area (Å²) in [5.41, 5.74) is 0.519. The van der Waals surface area contributed by atoms with Gasteiger partial charge in [0, 0.05) is 19.2 Å². The number of nitro groups is 1. The molecule has 0 saturated carbocycles. The van der Waals surface area contributed by atoms with Gasteiger partial charge in [0.25, 0.3) is 5.69 Å². The smallest absolute Gasteiger partial charge is 0.293 e. The molecule has 1 aromatic carbocycles. The number of aliphatic hydroxyl groups excluding tert-OH is 1. The Labute approximate surface area is 104 Å². The lowest BCUT2D eigenvalue weighted by molar-refractivity contribution is -0.384. The average molecular weight is 247 g/mol. The first-order valence-corrected chi connectivity index (χ1v) is 5.74. The van der Waals surface area contributed by atoms with Gasteiger partial charge in [-0.3, -0.25) is 10.1 Å². The summed E-state index contributed by atoms with van der Waals surface area (Å²) in [5.74, 6) is 0. The number of rotatable bonds is 2. The van der Waals surface area contributed by atoms with Gasteiger partial charge in [-0.25, -0.2) is 0 Å². The van der Waals surface area contributed by atoms with E-state index in [9.17, 15) is 15.2 Å². The Balaban J connectivity index is 2.47. The number of anilines is 1. The molecule has 1 aliphatic heterocycles. The Morgan fingerprint density at radius 2 is 2.33 bits per heavy atom. The summed E-state index contributed by atoms with van der Waals surface area (Å²) in [5, 5.41) is 29.7. The van der Waals surface area contributed by atoms with E-state index in [4.69, 9.17) is 5.26 Å². The quantitative estimate of drug-likeness (QED) is 0.630. The molecule has 1 unspecified atom stereocenters. The maximum atomic E-state index is 11.0. The van der Waals surface area contributed by atoms with E-state index in [-0.39, 0.29) is 11.3 Å². The largest absolute Gasteiger partial charge is 0.391 e. The van der Waals surface area contributed by atoms with Gasteiger partial charge >= 0.3 is 0 Å². The van der Waals surface area contributed by atoms with Crippen molar-refractivity contribution in [1.82, 2.24) is 0 Å². The minimum atomic E-state index is -0.495. The van der Waals surface area contributed by atoms with Crippen molar-refractivity contribution in [3.8, 4) is 6.07 Å². The molecule has 1 saturated heterocycles. The van der Waals surface area contributed by atoms with Crippen LogP contribution in [0.4, 0.5) is 11.4 Å². The zero-order chi connectivity index (χ0) is 13.1. The molecule has 94 valence electrons. The molecular weight excluding hydrogens is 234 g/mol. The van der Waals surface area contributed by atoms with E-state index in [1.165, 1.54) is 12.1 Å². The number of nitriles is 1. The highest BCUT2D eigenvalue weighted by molar-refractivity contribution is 5.71. The molecule has 1 heterocycles. The summed E-state index contributed by atoms with van der Waals surface area (Å²) >= 11 is 0. The second kappa shape index (κ2) is 5.02. The fourth-order valence-electron chi connectivity index (χ4n) is 2.26. The number of nitrogens with zero attached hydrogens (tertiary/aromatic N) is 3. The van der Waals surface area contributed by atoms with Crippen LogP contribution in [0, 0.1) is 21.4 Å². The Kier molecular flexibility index (Phi) is 3.44. The van der Waals surface area contributed by atoms with Crippen LogP contribution in [0.25, 0.3) is 0 Å². The van der Waals surface area contributed by atoms with Crippen molar-refractivity contribution in [2.24, 2.45) is 0 Å². The van der Waals surface area contributed by atoms with Crippen molar-refractivity contribution in [2.75, 3.05) is 18.0 Å². The SMILES string of the molecule is N#Cc1cccc([N+](=O)[O-])c1N1CCCC(O)C1. The summed E-state index contributed by atoms with van der Waals surface area (Å²) < 4.78 is 0. The lowest BCUT2D eigenvalue weighted by Gasteiger charge is -2.32. The van der Waals surface area contributed by atoms with Crippen molar-refractivity contribution in [3.05, 3.63) is 33.9 Å². The molecule has 2 rings (SSSR count). The number of para-hydroxylation sites is 1. The van der Waals surface area contributed by atoms with Crippen molar-refractivity contribution in [3.63, 3.8) is 0 Å². The van der Waals surface area contributed by atoms with Crippen molar-refractivity contribution >= 4 is 11.4 Å². The molecule has 0 aromatic heterocycles. The zero-order valence-corrected chi connectivity index (χ0v) is 9.74. The van der Waals surface area contributed by atoms with Crippen LogP contribution in [-0.2, 0) is 0 Å². The summed E-state index contributed by atoms with van der Waals surface area (Å²) in [6.45, 7) is 0.954. The molecule has 18 heavy (non-hydrogen) atoms. The van der Waals surface area contributed by atoms with Gasteiger partial charge in [0.1, 0.15) is 11.8 Å². The molecule has 6 nitrogen and oxygen atoms in total. The van der Waals surface area contributed by atoms with Crippen molar-refractivity contribution in [2.45, 2.75) is 18.9 Å². The van der Waals surface area contributed by atoms with Gasteiger partial charge in [-0.05, 0) is 18.9 Å². The Morgan fingerprint density at radius 1 is 1.56 bits per heavy atom. The predicted molar refractivity (Wildman–Crippen MR) is 65.3 cm³/mol. The van der Waals surface area contributed by atoms with Crippen LogP contribution in [0.5, 0.6) is 0 Å². The summed E-state index contributed by atoms with van der Waals surface area (Å²) in [4.78, 5) is 12.3. The van der Waals surface area contributed by atoms with Gasteiger partial charge in [0.15, 0.2) is 0 Å². The lowest BCUT2D eigenvalue weighted by Crippen LogP contribution is -2.39. The van der Waals surface area contributed by atoms with Crippen LogP contribution in [0.15, 0.2) is 18.2 Å². The molecule has 1 aromatic rings. The van der Waals surface area contributed by atoms with Crippen LogP contribution >= 0.6 is 0 Å². The molecule has 6 heteroatoms. The summed E-state index contributed by atoms with van der Waals surface area (Å²) in [7, 11) is 0. The minimum Gasteiger partial charge on any atom is -0.391 e. The van der Waals surface area contributed by atoms with E-state index < -0.39 is 11.0 Å². The molecule has 0 aliphatic carbocycles. The van der Waals surface area contributed by atoms with Crippen LogP contribution < -0.4 is 4.90 Å². The molecule has 1 N–H and O–H groups in total. The standard InChI is InChI=1S/C12H13N3O3/c13-7-9-3-1-5-11(15(17)18)12(9)14-6-2-4-10(16)8-14/h1,3,5,10,16H,2,4,6,8H2. The first-order chi connectivity index (χ1) is 8.63. The number of β-amino-alcohol motifs (C(OH)–C–C–N with tert-alkyl or cyclic N) is 1. The highest BCUT2D eigenvalue weighted by atomic mass is 16.6. The van der Waals surface area contributed by atoms with Crippen LogP contribution in [0.3, 0.4) is 0 Å². The van der Waals surface area contributed by atoms with Gasteiger partial charge < -0.3 is 10.0 Å². The third-order valence-corrected chi connectivity index (χ3v) is 3.04. The molecular formula is C12H13N3O3. The van der Waals surface area contributed by atoms with Gasteiger partial charge in [-0.2, -0.15) is 5.26 Å². The molecule has 1 fully saturated rings. The van der Waals surface area contributed by atoms with E-state index in [2.05, 4.69) is 0 Å². The zero-order valence-electron chi connectivity index (χ0n) is 9.74. The van der Waals surface area contributed by atoms with Crippen LogP contribution in [-0.4, -0.2) is 29.2 Å². The first kappa shape index (κ1) is 12.3. The van der Waals surface area contributed by atoms with Crippen molar-refractivity contribution in [1.29, 1.82) is 5.26 Å². The highest BCUT2D eigenvalue weighted by Crippen LogP contribution is 2.33. The number of hydrogen-bond acceptors (Lipinski definition) is 5. The molecule has 1 aliphatic rings. The van der Waals surface area contributed by atoms with E-state index >= 15 is 0 Å². The highest BCUT2D eigenvalue weighted by Gasteiger charge is 2.27. The van der Waals surface area contributed by atoms with Crippen LogP contribution in [0.2, 0.25) is 0 Å². The Morgan fingerprint density at radius 3 is 2.94 bits per heavy atom. The number of aliphatic hydroxyl groups is 1. The number of benzene rings is 1. The van der Waals surface area contributed by atoms with E-state index in [0.29, 0.717) is 25.2 Å². The lowest BCUT2D eigenvalue weighted by atomic mass is 10.0. The second-order valence-corrected chi connectivity index (χ2v) is 4.28. The molecule has 0 spiro atoms.